The van der Waals surface area contributed by atoms with Gasteiger partial charge in [-0.3, -0.25) is 0 Å². The van der Waals surface area contributed by atoms with Crippen molar-refractivity contribution in [3.05, 3.63) is 0 Å². The van der Waals surface area contributed by atoms with E-state index in [4.69, 9.17) is 18.2 Å². The Bertz CT molecular complexity index is 147. The fourth-order valence-electron chi connectivity index (χ4n) is 1.02. The number of hydrogen-bond acceptors (Lipinski definition) is 1. The monoisotopic (exact) mass is 157 g/mol. The van der Waals surface area contributed by atoms with Gasteiger partial charge >= 0.3 is 0 Å². The van der Waals surface area contributed by atoms with Gasteiger partial charge in [-0.1, -0.05) is 0 Å². The normalized spacial score (nSPS) is 31.4. The number of hydrogen-bond donors (Lipinski definition) is 0. The lowest BCUT2D eigenvalue weighted by atomic mass is 10.1. The summed E-state index contributed by atoms with van der Waals surface area (Å²) in [6, 6.07) is 0. The summed E-state index contributed by atoms with van der Waals surface area (Å²) in [4.78, 5) is 0. The maximum atomic E-state index is 5.27. The molecule has 0 N–H and O–H groups in total. The third kappa shape index (κ3) is 2.05. The molecule has 1 heterocycles. The molecule has 0 aromatic rings. The van der Waals surface area contributed by atoms with Crippen molar-refractivity contribution in [2.24, 2.45) is 5.92 Å². The Morgan fingerprint density at radius 3 is 2.44 bits per heavy atom. The van der Waals surface area contributed by atoms with Gasteiger partial charge in [0.25, 0.3) is 0 Å². The summed E-state index contributed by atoms with van der Waals surface area (Å²) >= 11 is 5.19. The highest BCUT2D eigenvalue weighted by Crippen LogP contribution is 2.32. The van der Waals surface area contributed by atoms with Gasteiger partial charge in [-0.2, -0.15) is 0 Å². The second-order valence-corrected chi connectivity index (χ2v) is 5.78. The number of rotatable bonds is 0. The molecule has 0 spiro atoms. The summed E-state index contributed by atoms with van der Waals surface area (Å²) in [5.74, 6) is 3.34. The van der Waals surface area contributed by atoms with E-state index in [1.54, 1.807) is 0 Å². The summed E-state index contributed by atoms with van der Waals surface area (Å²) in [5, 5.41) is 0. The molecule has 1 fully saturated rings. The highest BCUT2D eigenvalue weighted by molar-refractivity contribution is 8.05. The van der Waals surface area contributed by atoms with Crippen LogP contribution in [-0.4, -0.2) is 12.3 Å². The van der Waals surface area contributed by atoms with Gasteiger partial charge < -0.3 is 0 Å². The van der Waals surface area contributed by atoms with Crippen molar-refractivity contribution in [1.82, 2.24) is 0 Å². The van der Waals surface area contributed by atoms with Crippen LogP contribution in [0, 0.1) is 18.3 Å². The fraction of sp³-hybridized carbons (Fsp3) is 0.714. The Hall–Kier alpha value is 0.0800. The van der Waals surface area contributed by atoms with E-state index in [1.807, 2.05) is 0 Å². The van der Waals surface area contributed by atoms with E-state index < -0.39 is 0 Å². The van der Waals surface area contributed by atoms with Crippen LogP contribution in [0.25, 0.3) is 0 Å². The largest absolute Gasteiger partial charge is 0.175 e. The standard InChI is InChI=1S/C7H10PS/c1-2-7-3-5-8(9)6-4-7/h1,7H,3-6H2/q+1. The van der Waals surface area contributed by atoms with Crippen molar-refractivity contribution in [3.63, 3.8) is 0 Å². The second-order valence-electron chi connectivity index (χ2n) is 2.37. The first-order valence-corrected chi connectivity index (χ1v) is 5.93. The van der Waals surface area contributed by atoms with Crippen LogP contribution in [0.1, 0.15) is 12.8 Å². The average molecular weight is 157 g/mol. The summed E-state index contributed by atoms with van der Waals surface area (Å²) in [5.41, 5.74) is 0. The van der Waals surface area contributed by atoms with Gasteiger partial charge in [0.05, 0.1) is 0 Å². The summed E-state index contributed by atoms with van der Waals surface area (Å²) in [6.07, 6.45) is 10.1. The summed E-state index contributed by atoms with van der Waals surface area (Å²) in [7, 11) is 0. The van der Waals surface area contributed by atoms with E-state index in [9.17, 15) is 0 Å². The molecule has 0 atom stereocenters. The maximum Gasteiger partial charge on any atom is 0.175 e. The zero-order valence-corrected chi connectivity index (χ0v) is 7.05. The van der Waals surface area contributed by atoms with Crippen LogP contribution in [0.2, 0.25) is 0 Å². The molecule has 0 amide bonds. The van der Waals surface area contributed by atoms with Crippen LogP contribution in [0.3, 0.4) is 0 Å². The Balaban J connectivity index is 2.37. The van der Waals surface area contributed by atoms with Crippen molar-refractivity contribution in [2.75, 3.05) is 12.3 Å². The first kappa shape index (κ1) is 7.19. The molecule has 0 saturated carbocycles. The van der Waals surface area contributed by atoms with Crippen LogP contribution in [0.5, 0.6) is 0 Å². The van der Waals surface area contributed by atoms with Crippen molar-refractivity contribution in [3.8, 4) is 12.3 Å². The van der Waals surface area contributed by atoms with Gasteiger partial charge in [-0.25, -0.2) is 0 Å². The first-order valence-electron chi connectivity index (χ1n) is 3.21. The lowest BCUT2D eigenvalue weighted by Gasteiger charge is -2.09. The smallest absolute Gasteiger partial charge is 0.120 e. The highest BCUT2D eigenvalue weighted by Gasteiger charge is 2.21. The minimum absolute atomic E-state index is 0.0362. The van der Waals surface area contributed by atoms with Gasteiger partial charge in [0.2, 0.25) is 0 Å². The Kier molecular flexibility index (Phi) is 2.64. The number of terminal acetylenes is 1. The van der Waals surface area contributed by atoms with Crippen LogP contribution in [-0.2, 0) is 11.8 Å². The van der Waals surface area contributed by atoms with Crippen molar-refractivity contribution >= 4 is 18.5 Å². The van der Waals surface area contributed by atoms with Gasteiger partial charge in [-0.05, 0) is 0 Å². The SMILES string of the molecule is C#CC1CC[P+](=S)CC1. The van der Waals surface area contributed by atoms with Crippen molar-refractivity contribution < 1.29 is 0 Å². The minimum Gasteiger partial charge on any atom is -0.120 e. The molecule has 0 aromatic heterocycles. The van der Waals surface area contributed by atoms with Crippen LogP contribution in [0.15, 0.2) is 0 Å². The van der Waals surface area contributed by atoms with E-state index in [-0.39, 0.29) is 6.70 Å². The molecular weight excluding hydrogens is 147 g/mol. The molecule has 0 bridgehead atoms. The summed E-state index contributed by atoms with van der Waals surface area (Å²) in [6.45, 7) is -0.0362. The van der Waals surface area contributed by atoms with Crippen molar-refractivity contribution in [2.45, 2.75) is 12.8 Å². The molecule has 2 heteroatoms. The summed E-state index contributed by atoms with van der Waals surface area (Å²) < 4.78 is 0. The Morgan fingerprint density at radius 1 is 1.44 bits per heavy atom. The lowest BCUT2D eigenvalue weighted by molar-refractivity contribution is 0.619. The van der Waals surface area contributed by atoms with E-state index in [1.165, 1.54) is 25.2 Å². The molecule has 0 aliphatic carbocycles. The van der Waals surface area contributed by atoms with Gasteiger partial charge in [0.1, 0.15) is 12.3 Å². The fourth-order valence-corrected chi connectivity index (χ4v) is 3.08. The molecular formula is C7H10PS+. The predicted octanol–water partition coefficient (Wildman–Crippen LogP) is 1.97. The first-order chi connectivity index (χ1) is 4.33. The topological polar surface area (TPSA) is 0 Å². The zero-order chi connectivity index (χ0) is 6.69. The van der Waals surface area contributed by atoms with Crippen molar-refractivity contribution in [1.29, 1.82) is 0 Å². The molecule has 0 radical (unpaired) electrons. The molecule has 1 aliphatic rings. The Labute approximate surface area is 62.5 Å². The van der Waals surface area contributed by atoms with E-state index in [2.05, 4.69) is 5.92 Å². The van der Waals surface area contributed by atoms with Gasteiger partial charge in [0, 0.05) is 18.8 Å². The zero-order valence-electron chi connectivity index (χ0n) is 5.34. The Morgan fingerprint density at radius 2 is 2.00 bits per heavy atom. The van der Waals surface area contributed by atoms with Crippen LogP contribution in [0.4, 0.5) is 0 Å². The molecule has 48 valence electrons. The molecule has 9 heavy (non-hydrogen) atoms. The third-order valence-electron chi connectivity index (χ3n) is 1.69. The minimum atomic E-state index is -0.0362. The lowest BCUT2D eigenvalue weighted by Crippen LogP contribution is -2.06. The van der Waals surface area contributed by atoms with Gasteiger partial charge in [-0.15, -0.1) is 12.3 Å². The molecule has 1 saturated heterocycles. The predicted molar refractivity (Wildman–Crippen MR) is 45.6 cm³/mol. The highest BCUT2D eigenvalue weighted by atomic mass is 32.4. The molecule has 0 unspecified atom stereocenters. The van der Waals surface area contributed by atoms with Crippen LogP contribution < -0.4 is 0 Å². The van der Waals surface area contributed by atoms with E-state index in [0.29, 0.717) is 5.92 Å². The van der Waals surface area contributed by atoms with E-state index >= 15 is 0 Å². The maximum absolute atomic E-state index is 5.27. The molecule has 0 aromatic carbocycles. The molecule has 1 aliphatic heterocycles. The van der Waals surface area contributed by atoms with Gasteiger partial charge in [0.15, 0.2) is 18.5 Å². The van der Waals surface area contributed by atoms with E-state index in [0.717, 1.165) is 0 Å². The molecule has 1 rings (SSSR count). The third-order valence-corrected chi connectivity index (χ3v) is 4.30. The average Bonchev–Trinajstić information content (AvgIpc) is 1.90. The second kappa shape index (κ2) is 3.30. The van der Waals surface area contributed by atoms with Crippen LogP contribution >= 0.6 is 6.70 Å². The molecule has 0 nitrogen and oxygen atoms in total. The quantitative estimate of drug-likeness (QED) is 0.382.